The van der Waals surface area contributed by atoms with Crippen molar-refractivity contribution in [1.29, 1.82) is 0 Å². The van der Waals surface area contributed by atoms with Gasteiger partial charge in [-0.15, -0.1) is 0 Å². The van der Waals surface area contributed by atoms with E-state index in [0.29, 0.717) is 16.2 Å². The normalized spacial score (nSPS) is 62.5. The standard InChI is InChI=1S/C10H15BrO/c11-10-3-6-1-7(4-10)9(12)8(2-6)5-10/h6-9,12H,1-5H2. The summed E-state index contributed by atoms with van der Waals surface area (Å²) in [5, 5.41) is 9.92. The first-order chi connectivity index (χ1) is 5.66. The topological polar surface area (TPSA) is 20.2 Å². The van der Waals surface area contributed by atoms with Crippen molar-refractivity contribution in [3.05, 3.63) is 0 Å². The van der Waals surface area contributed by atoms with Crippen LogP contribution in [-0.4, -0.2) is 15.5 Å². The van der Waals surface area contributed by atoms with Crippen molar-refractivity contribution in [3.63, 3.8) is 0 Å². The Morgan fingerprint density at radius 2 is 1.67 bits per heavy atom. The highest BCUT2D eigenvalue weighted by molar-refractivity contribution is 9.10. The molecule has 0 aromatic rings. The Kier molecular flexibility index (Phi) is 1.48. The van der Waals surface area contributed by atoms with Crippen LogP contribution < -0.4 is 0 Å². The number of halogens is 1. The highest BCUT2D eigenvalue weighted by Gasteiger charge is 2.53. The van der Waals surface area contributed by atoms with Crippen LogP contribution in [0.15, 0.2) is 0 Å². The number of hydrogen-bond donors (Lipinski definition) is 1. The number of aliphatic hydroxyl groups is 1. The third-order valence-corrected chi connectivity index (χ3v) is 5.12. The van der Waals surface area contributed by atoms with Crippen molar-refractivity contribution in [2.75, 3.05) is 0 Å². The molecule has 0 amide bonds. The van der Waals surface area contributed by atoms with Crippen LogP contribution in [0.1, 0.15) is 32.1 Å². The van der Waals surface area contributed by atoms with Crippen LogP contribution in [0.25, 0.3) is 0 Å². The molecular formula is C10H15BrO. The smallest absolute Gasteiger partial charge is 0.0597 e. The molecule has 4 aliphatic carbocycles. The van der Waals surface area contributed by atoms with Crippen molar-refractivity contribution in [2.45, 2.75) is 42.5 Å². The van der Waals surface area contributed by atoms with E-state index in [1.54, 1.807) is 0 Å². The lowest BCUT2D eigenvalue weighted by Gasteiger charge is -2.56. The molecule has 2 atom stereocenters. The lowest BCUT2D eigenvalue weighted by molar-refractivity contribution is -0.0797. The Morgan fingerprint density at radius 3 is 2.17 bits per heavy atom. The summed E-state index contributed by atoms with van der Waals surface area (Å²) < 4.78 is 0.433. The summed E-state index contributed by atoms with van der Waals surface area (Å²) in [5.41, 5.74) is 0. The average molecular weight is 231 g/mol. The van der Waals surface area contributed by atoms with Gasteiger partial charge in [-0.25, -0.2) is 0 Å². The van der Waals surface area contributed by atoms with Crippen LogP contribution in [0.5, 0.6) is 0 Å². The van der Waals surface area contributed by atoms with Gasteiger partial charge in [0.2, 0.25) is 0 Å². The zero-order valence-electron chi connectivity index (χ0n) is 7.17. The minimum Gasteiger partial charge on any atom is -0.393 e. The maximum Gasteiger partial charge on any atom is 0.0597 e. The Balaban J connectivity index is 1.95. The van der Waals surface area contributed by atoms with Gasteiger partial charge in [-0.1, -0.05) is 15.9 Å². The molecular weight excluding hydrogens is 216 g/mol. The molecule has 0 heterocycles. The number of alkyl halides is 1. The van der Waals surface area contributed by atoms with Crippen LogP contribution >= 0.6 is 15.9 Å². The second kappa shape index (κ2) is 2.27. The van der Waals surface area contributed by atoms with Gasteiger partial charge in [0, 0.05) is 4.32 Å². The van der Waals surface area contributed by atoms with E-state index in [2.05, 4.69) is 15.9 Å². The third-order valence-electron chi connectivity index (χ3n) is 4.15. The monoisotopic (exact) mass is 230 g/mol. The molecule has 0 aliphatic heterocycles. The molecule has 2 unspecified atom stereocenters. The van der Waals surface area contributed by atoms with Crippen molar-refractivity contribution < 1.29 is 5.11 Å². The van der Waals surface area contributed by atoms with Gasteiger partial charge in [0.05, 0.1) is 6.10 Å². The summed E-state index contributed by atoms with van der Waals surface area (Å²) in [6.07, 6.45) is 6.44. The number of aliphatic hydroxyl groups excluding tert-OH is 1. The van der Waals surface area contributed by atoms with Crippen molar-refractivity contribution in [3.8, 4) is 0 Å². The van der Waals surface area contributed by atoms with E-state index < -0.39 is 0 Å². The van der Waals surface area contributed by atoms with Crippen LogP contribution in [0.3, 0.4) is 0 Å². The molecule has 0 radical (unpaired) electrons. The first-order valence-corrected chi connectivity index (χ1v) is 5.83. The van der Waals surface area contributed by atoms with Gasteiger partial charge in [0.15, 0.2) is 0 Å². The van der Waals surface area contributed by atoms with E-state index in [-0.39, 0.29) is 6.10 Å². The first kappa shape index (κ1) is 7.81. The predicted molar refractivity (Wildman–Crippen MR) is 51.2 cm³/mol. The average Bonchev–Trinajstić information content (AvgIpc) is 1.96. The molecule has 1 N–H and O–H groups in total. The molecule has 1 nitrogen and oxygen atoms in total. The highest BCUT2D eigenvalue weighted by Crippen LogP contribution is 2.58. The Labute approximate surface area is 81.7 Å². The number of rotatable bonds is 0. The van der Waals surface area contributed by atoms with Crippen molar-refractivity contribution in [1.82, 2.24) is 0 Å². The van der Waals surface area contributed by atoms with Crippen molar-refractivity contribution in [2.24, 2.45) is 17.8 Å². The van der Waals surface area contributed by atoms with E-state index in [4.69, 9.17) is 0 Å². The third kappa shape index (κ3) is 0.941. The molecule has 0 saturated heterocycles. The molecule has 0 aromatic carbocycles. The lowest BCUT2D eigenvalue weighted by atomic mass is 9.55. The molecule has 2 heteroatoms. The second-order valence-corrected chi connectivity index (χ2v) is 6.79. The molecule has 4 rings (SSSR count). The fraction of sp³-hybridized carbons (Fsp3) is 1.00. The Hall–Kier alpha value is 0.440. The minimum absolute atomic E-state index is 0.0345. The van der Waals surface area contributed by atoms with Gasteiger partial charge in [-0.3, -0.25) is 0 Å². The van der Waals surface area contributed by atoms with E-state index in [9.17, 15) is 5.11 Å². The highest BCUT2D eigenvalue weighted by atomic mass is 79.9. The summed E-state index contributed by atoms with van der Waals surface area (Å²) in [5.74, 6) is 2.16. The molecule has 4 aliphatic rings. The lowest BCUT2D eigenvalue weighted by Crippen LogP contribution is -2.54. The quantitative estimate of drug-likeness (QED) is 0.634. The fourth-order valence-corrected chi connectivity index (χ4v) is 5.19. The maximum absolute atomic E-state index is 9.92. The molecule has 0 spiro atoms. The number of hydrogen-bond acceptors (Lipinski definition) is 1. The van der Waals surface area contributed by atoms with Crippen LogP contribution in [-0.2, 0) is 0 Å². The molecule has 12 heavy (non-hydrogen) atoms. The van der Waals surface area contributed by atoms with E-state index in [0.717, 1.165) is 5.92 Å². The fourth-order valence-electron chi connectivity index (χ4n) is 3.90. The summed E-state index contributed by atoms with van der Waals surface area (Å²) in [6.45, 7) is 0. The summed E-state index contributed by atoms with van der Waals surface area (Å²) >= 11 is 3.87. The molecule has 4 fully saturated rings. The maximum atomic E-state index is 9.92. The van der Waals surface area contributed by atoms with E-state index in [1.165, 1.54) is 32.1 Å². The van der Waals surface area contributed by atoms with Gasteiger partial charge in [-0.2, -0.15) is 0 Å². The van der Waals surface area contributed by atoms with Gasteiger partial charge in [0.25, 0.3) is 0 Å². The molecule has 4 bridgehead atoms. The van der Waals surface area contributed by atoms with Gasteiger partial charge >= 0.3 is 0 Å². The summed E-state index contributed by atoms with van der Waals surface area (Å²) in [4.78, 5) is 0. The van der Waals surface area contributed by atoms with Gasteiger partial charge < -0.3 is 5.11 Å². The van der Waals surface area contributed by atoms with Gasteiger partial charge in [0.1, 0.15) is 0 Å². The summed E-state index contributed by atoms with van der Waals surface area (Å²) in [6, 6.07) is 0. The molecule has 68 valence electrons. The van der Waals surface area contributed by atoms with E-state index in [1.807, 2.05) is 0 Å². The summed E-state index contributed by atoms with van der Waals surface area (Å²) in [7, 11) is 0. The first-order valence-electron chi connectivity index (χ1n) is 5.03. The Morgan fingerprint density at radius 1 is 1.08 bits per heavy atom. The van der Waals surface area contributed by atoms with Crippen LogP contribution in [0.4, 0.5) is 0 Å². The van der Waals surface area contributed by atoms with Crippen LogP contribution in [0.2, 0.25) is 0 Å². The SMILES string of the molecule is OC1C2CC3CC1CC(Br)(C3)C2. The molecule has 4 saturated carbocycles. The zero-order valence-corrected chi connectivity index (χ0v) is 8.76. The Bertz CT molecular complexity index is 200. The van der Waals surface area contributed by atoms with E-state index >= 15 is 0 Å². The van der Waals surface area contributed by atoms with Crippen LogP contribution in [0, 0.1) is 17.8 Å². The van der Waals surface area contributed by atoms with Gasteiger partial charge in [-0.05, 0) is 49.9 Å². The predicted octanol–water partition coefficient (Wildman–Crippen LogP) is 2.32. The zero-order chi connectivity index (χ0) is 8.34. The van der Waals surface area contributed by atoms with Crippen molar-refractivity contribution >= 4 is 15.9 Å². The second-order valence-electron chi connectivity index (χ2n) is 5.11. The largest absolute Gasteiger partial charge is 0.393 e. The minimum atomic E-state index is 0.0345. The molecule has 0 aromatic heterocycles.